The smallest absolute Gasteiger partial charge is 0.286 e. The normalized spacial score (nSPS) is 8.82. The van der Waals surface area contributed by atoms with Crippen molar-refractivity contribution in [3.05, 3.63) is 30.3 Å². The summed E-state index contributed by atoms with van der Waals surface area (Å²) in [6, 6.07) is 8.59. The van der Waals surface area contributed by atoms with Crippen LogP contribution >= 0.6 is 11.6 Å². The number of rotatable bonds is 2. The van der Waals surface area contributed by atoms with Crippen LogP contribution in [0, 0.1) is 0 Å². The second-order valence-corrected chi connectivity index (χ2v) is 2.03. The number of benzene rings is 1. The first-order chi connectivity index (χ1) is 5.29. The van der Waals surface area contributed by atoms with E-state index in [0.717, 1.165) is 0 Å². The molecule has 0 saturated heterocycles. The van der Waals surface area contributed by atoms with Gasteiger partial charge in [0.2, 0.25) is 0 Å². The lowest BCUT2D eigenvalue weighted by Gasteiger charge is -1.98. The molecule has 0 heterocycles. The van der Waals surface area contributed by atoms with E-state index < -0.39 is 5.43 Å². The molecule has 0 spiro atoms. The van der Waals surface area contributed by atoms with Crippen molar-refractivity contribution >= 4 is 17.0 Å². The van der Waals surface area contributed by atoms with Crippen molar-refractivity contribution in [2.45, 2.75) is 0 Å². The molecule has 0 aromatic heterocycles. The molecule has 0 aliphatic carbocycles. The van der Waals surface area contributed by atoms with E-state index in [1.165, 1.54) is 0 Å². The Labute approximate surface area is 68.4 Å². The van der Waals surface area contributed by atoms with Gasteiger partial charge in [0.05, 0.1) is 0 Å². The van der Waals surface area contributed by atoms with Crippen molar-refractivity contribution in [1.29, 1.82) is 0 Å². The van der Waals surface area contributed by atoms with Gasteiger partial charge in [0.1, 0.15) is 0 Å². The van der Waals surface area contributed by atoms with E-state index in [0.29, 0.717) is 5.75 Å². The molecule has 0 N–H and O–H groups in total. The summed E-state index contributed by atoms with van der Waals surface area (Å²) in [5.74, 6) is 0.432. The summed E-state index contributed by atoms with van der Waals surface area (Å²) in [6.07, 6.45) is 0. The minimum absolute atomic E-state index is 0.432. The van der Waals surface area contributed by atoms with E-state index in [-0.39, 0.29) is 0 Å². The summed E-state index contributed by atoms with van der Waals surface area (Å²) in [7, 11) is 0. The van der Waals surface area contributed by atoms with Gasteiger partial charge in [0, 0.05) is 11.6 Å². The molecule has 0 aliphatic heterocycles. The van der Waals surface area contributed by atoms with Gasteiger partial charge in [-0.2, -0.15) is 0 Å². The molecule has 1 aromatic carbocycles. The van der Waals surface area contributed by atoms with Crippen molar-refractivity contribution in [3.8, 4) is 5.75 Å². The van der Waals surface area contributed by atoms with Crippen LogP contribution in [-0.4, -0.2) is 5.43 Å². The summed E-state index contributed by atoms with van der Waals surface area (Å²) < 4.78 is 0. The third kappa shape index (κ3) is 2.91. The molecule has 58 valence electrons. The fourth-order valence-corrected chi connectivity index (χ4v) is 0.588. The minimum Gasteiger partial charge on any atom is -0.286 e. The van der Waals surface area contributed by atoms with Crippen LogP contribution in [0.4, 0.5) is 4.79 Å². The molecule has 1 aromatic rings. The van der Waals surface area contributed by atoms with E-state index in [9.17, 15) is 4.79 Å². The third-order valence-electron chi connectivity index (χ3n) is 0.947. The molecular weight excluding hydrogens is 168 g/mol. The van der Waals surface area contributed by atoms with Gasteiger partial charge >= 0.3 is 5.43 Å². The van der Waals surface area contributed by atoms with Crippen LogP contribution in [0.5, 0.6) is 5.75 Å². The van der Waals surface area contributed by atoms with Crippen molar-refractivity contribution in [3.63, 3.8) is 0 Å². The molecular formula is C7H5ClO3. The summed E-state index contributed by atoms with van der Waals surface area (Å²) in [4.78, 5) is 18.6. The maximum Gasteiger partial charge on any atom is 0.448 e. The summed E-state index contributed by atoms with van der Waals surface area (Å²) in [6.45, 7) is 0. The van der Waals surface area contributed by atoms with Crippen LogP contribution in [0.25, 0.3) is 0 Å². The minimum atomic E-state index is -0.992. The molecule has 3 nitrogen and oxygen atoms in total. The zero-order chi connectivity index (χ0) is 8.10. The van der Waals surface area contributed by atoms with Crippen LogP contribution in [0.2, 0.25) is 0 Å². The molecule has 0 fully saturated rings. The van der Waals surface area contributed by atoms with E-state index in [1.54, 1.807) is 24.3 Å². The van der Waals surface area contributed by atoms with Gasteiger partial charge in [-0.1, -0.05) is 18.2 Å². The number of hydrogen-bond donors (Lipinski definition) is 0. The van der Waals surface area contributed by atoms with Crippen molar-refractivity contribution < 1.29 is 14.6 Å². The van der Waals surface area contributed by atoms with Crippen LogP contribution in [-0.2, 0) is 4.89 Å². The Morgan fingerprint density at radius 2 is 1.91 bits per heavy atom. The molecule has 1 rings (SSSR count). The maximum atomic E-state index is 10.0. The Kier molecular flexibility index (Phi) is 2.74. The monoisotopic (exact) mass is 172 g/mol. The molecule has 0 bridgehead atoms. The number of halogens is 1. The van der Waals surface area contributed by atoms with Crippen LogP contribution in [0.15, 0.2) is 30.3 Å². The lowest BCUT2D eigenvalue weighted by molar-refractivity contribution is -0.131. The van der Waals surface area contributed by atoms with E-state index in [1.807, 2.05) is 6.07 Å². The molecule has 0 atom stereocenters. The molecule has 0 radical (unpaired) electrons. The molecule has 0 unspecified atom stereocenters. The highest BCUT2D eigenvalue weighted by Crippen LogP contribution is 2.08. The quantitative estimate of drug-likeness (QED) is 0.390. The highest BCUT2D eigenvalue weighted by molar-refractivity contribution is 6.61. The molecule has 0 aliphatic rings. The first kappa shape index (κ1) is 7.88. The van der Waals surface area contributed by atoms with E-state index >= 15 is 0 Å². The van der Waals surface area contributed by atoms with Gasteiger partial charge in [-0.3, -0.25) is 4.89 Å². The van der Waals surface area contributed by atoms with Crippen molar-refractivity contribution in [2.24, 2.45) is 0 Å². The van der Waals surface area contributed by atoms with Crippen LogP contribution < -0.4 is 4.89 Å². The first-order valence-corrected chi connectivity index (χ1v) is 3.26. The number of carbonyl (C=O) groups excluding carboxylic acids is 1. The lowest BCUT2D eigenvalue weighted by Crippen LogP contribution is -1.98. The van der Waals surface area contributed by atoms with E-state index in [4.69, 9.17) is 11.6 Å². The van der Waals surface area contributed by atoms with Gasteiger partial charge in [-0.15, -0.1) is 0 Å². The Morgan fingerprint density at radius 3 is 2.45 bits per heavy atom. The molecule has 11 heavy (non-hydrogen) atoms. The van der Waals surface area contributed by atoms with Gasteiger partial charge in [-0.05, 0) is 12.1 Å². The second-order valence-electron chi connectivity index (χ2n) is 1.72. The van der Waals surface area contributed by atoms with Gasteiger partial charge in [-0.25, -0.2) is 9.68 Å². The average Bonchev–Trinajstić information content (AvgIpc) is 2.03. The lowest BCUT2D eigenvalue weighted by atomic mass is 10.3. The first-order valence-electron chi connectivity index (χ1n) is 2.88. The van der Waals surface area contributed by atoms with Gasteiger partial charge in [0.25, 0.3) is 0 Å². The summed E-state index contributed by atoms with van der Waals surface area (Å²) in [5, 5.41) is 0. The number of carbonyl (C=O) groups is 1. The van der Waals surface area contributed by atoms with Gasteiger partial charge in [0.15, 0.2) is 5.75 Å². The molecule has 0 amide bonds. The van der Waals surface area contributed by atoms with Crippen LogP contribution in [0.1, 0.15) is 0 Å². The predicted molar refractivity (Wildman–Crippen MR) is 39.4 cm³/mol. The second kappa shape index (κ2) is 3.83. The Hall–Kier alpha value is -1.22. The summed E-state index contributed by atoms with van der Waals surface area (Å²) >= 11 is 4.84. The third-order valence-corrected chi connectivity index (χ3v) is 1.01. The Morgan fingerprint density at radius 1 is 1.27 bits per heavy atom. The average molecular weight is 173 g/mol. The number of hydrogen-bond acceptors (Lipinski definition) is 3. The molecule has 4 heteroatoms. The predicted octanol–water partition coefficient (Wildman–Crippen LogP) is 2.36. The topological polar surface area (TPSA) is 35.5 Å². The SMILES string of the molecule is O=C(Cl)OOc1ccccc1. The highest BCUT2D eigenvalue weighted by Gasteiger charge is 1.97. The highest BCUT2D eigenvalue weighted by atomic mass is 35.5. The van der Waals surface area contributed by atoms with Gasteiger partial charge < -0.3 is 0 Å². The largest absolute Gasteiger partial charge is 0.448 e. The zero-order valence-electron chi connectivity index (χ0n) is 5.49. The van der Waals surface area contributed by atoms with E-state index in [2.05, 4.69) is 9.78 Å². The Balaban J connectivity index is 2.45. The summed E-state index contributed by atoms with van der Waals surface area (Å²) in [5.41, 5.74) is -0.992. The van der Waals surface area contributed by atoms with Crippen LogP contribution in [0.3, 0.4) is 0 Å². The fourth-order valence-electron chi connectivity index (χ4n) is 0.557. The standard InChI is InChI=1S/C7H5ClO3/c8-7(9)11-10-6-4-2-1-3-5-6/h1-5H. The zero-order valence-corrected chi connectivity index (χ0v) is 6.25. The Bertz CT molecular complexity index is 235. The molecule has 0 saturated carbocycles. The number of para-hydroxylation sites is 1. The van der Waals surface area contributed by atoms with Crippen molar-refractivity contribution in [1.82, 2.24) is 0 Å². The maximum absolute atomic E-state index is 10.0. The fraction of sp³-hybridized carbons (Fsp3) is 0. The van der Waals surface area contributed by atoms with Crippen molar-refractivity contribution in [2.75, 3.05) is 0 Å².